The van der Waals surface area contributed by atoms with Crippen LogP contribution in [0.25, 0.3) is 0 Å². The van der Waals surface area contributed by atoms with Crippen LogP contribution in [0, 0.1) is 6.92 Å². The number of rotatable bonds is 4. The Morgan fingerprint density at radius 3 is 2.35 bits per heavy atom. The Bertz CT molecular complexity index is 524. The molecule has 2 aliphatic carbocycles. The van der Waals surface area contributed by atoms with Crippen molar-refractivity contribution in [2.45, 2.75) is 50.7 Å². The highest BCUT2D eigenvalue weighted by molar-refractivity contribution is 6.30. The molecule has 0 aliphatic heterocycles. The topological polar surface area (TPSA) is 29.0 Å². The van der Waals surface area contributed by atoms with Crippen molar-refractivity contribution in [3.8, 4) is 0 Å². The molecule has 2 saturated carbocycles. The molecular formula is C13H15ClF3N3. The number of aromatic nitrogens is 2. The summed E-state index contributed by atoms with van der Waals surface area (Å²) in [5, 5.41) is 0.268. The normalized spacial score (nSPS) is 19.2. The first kappa shape index (κ1) is 13.9. The maximum absolute atomic E-state index is 12.8. The van der Waals surface area contributed by atoms with Crippen molar-refractivity contribution in [1.82, 2.24) is 9.97 Å². The minimum atomic E-state index is -4.24. The van der Waals surface area contributed by atoms with Crippen LogP contribution in [-0.2, 0) is 0 Å². The Kier molecular flexibility index (Phi) is 3.31. The third kappa shape index (κ3) is 3.00. The minimum absolute atomic E-state index is 0.0756. The van der Waals surface area contributed by atoms with Crippen LogP contribution >= 0.6 is 11.6 Å². The molecule has 1 aromatic heterocycles. The lowest BCUT2D eigenvalue weighted by molar-refractivity contribution is -0.120. The first-order valence-corrected chi connectivity index (χ1v) is 7.10. The summed E-state index contributed by atoms with van der Waals surface area (Å²) in [6, 6.07) is -0.0756. The van der Waals surface area contributed by atoms with Gasteiger partial charge in [0.1, 0.15) is 23.3 Å². The zero-order chi connectivity index (χ0) is 14.5. The fourth-order valence-electron chi connectivity index (χ4n) is 2.25. The van der Waals surface area contributed by atoms with E-state index >= 15 is 0 Å². The van der Waals surface area contributed by atoms with Crippen molar-refractivity contribution < 1.29 is 13.2 Å². The van der Waals surface area contributed by atoms with Gasteiger partial charge in [-0.25, -0.2) is 9.97 Å². The van der Waals surface area contributed by atoms with E-state index in [-0.39, 0.29) is 17.1 Å². The van der Waals surface area contributed by atoms with E-state index in [2.05, 4.69) is 9.97 Å². The second-order valence-electron chi connectivity index (χ2n) is 5.57. The Morgan fingerprint density at radius 2 is 1.85 bits per heavy atom. The van der Waals surface area contributed by atoms with Gasteiger partial charge >= 0.3 is 6.18 Å². The van der Waals surface area contributed by atoms with E-state index in [0.717, 1.165) is 25.7 Å². The number of anilines is 1. The Balaban J connectivity index is 1.96. The van der Waals surface area contributed by atoms with E-state index in [0.29, 0.717) is 17.2 Å². The number of hydrogen-bond acceptors (Lipinski definition) is 3. The van der Waals surface area contributed by atoms with Gasteiger partial charge in [0.2, 0.25) is 0 Å². The molecule has 20 heavy (non-hydrogen) atoms. The van der Waals surface area contributed by atoms with E-state index in [1.165, 1.54) is 4.90 Å². The van der Waals surface area contributed by atoms with Gasteiger partial charge in [0.15, 0.2) is 0 Å². The number of halogens is 4. The standard InChI is InChI=1S/C13H15ClF3N3/c1-7-10(14)18-11(8-2-3-8)19-12(7)20(9-4-5-9)6-13(15,16)17/h8-9H,2-6H2,1H3. The summed E-state index contributed by atoms with van der Waals surface area (Å²) in [6.45, 7) is 0.704. The van der Waals surface area contributed by atoms with E-state index in [4.69, 9.17) is 11.6 Å². The molecule has 1 aromatic rings. The van der Waals surface area contributed by atoms with Crippen molar-refractivity contribution in [2.24, 2.45) is 0 Å². The van der Waals surface area contributed by atoms with Gasteiger partial charge in [-0.05, 0) is 32.6 Å². The first-order chi connectivity index (χ1) is 9.35. The first-order valence-electron chi connectivity index (χ1n) is 6.72. The molecule has 0 N–H and O–H groups in total. The highest BCUT2D eigenvalue weighted by Crippen LogP contribution is 2.41. The maximum Gasteiger partial charge on any atom is 0.405 e. The van der Waals surface area contributed by atoms with Crippen LogP contribution in [0.15, 0.2) is 0 Å². The lowest BCUT2D eigenvalue weighted by Crippen LogP contribution is -2.37. The van der Waals surface area contributed by atoms with Crippen molar-refractivity contribution in [1.29, 1.82) is 0 Å². The van der Waals surface area contributed by atoms with E-state index < -0.39 is 12.7 Å². The van der Waals surface area contributed by atoms with Crippen LogP contribution in [0.5, 0.6) is 0 Å². The molecule has 0 amide bonds. The molecule has 0 spiro atoms. The van der Waals surface area contributed by atoms with Gasteiger partial charge in [-0.3, -0.25) is 0 Å². The van der Waals surface area contributed by atoms with E-state index in [1.54, 1.807) is 6.92 Å². The van der Waals surface area contributed by atoms with Crippen LogP contribution in [0.3, 0.4) is 0 Å². The summed E-state index contributed by atoms with van der Waals surface area (Å²) < 4.78 is 38.3. The van der Waals surface area contributed by atoms with Crippen LogP contribution in [0.4, 0.5) is 19.0 Å². The fraction of sp³-hybridized carbons (Fsp3) is 0.692. The molecule has 0 aromatic carbocycles. The smallest absolute Gasteiger partial charge is 0.344 e. The SMILES string of the molecule is Cc1c(Cl)nc(C2CC2)nc1N(CC(F)(F)F)C1CC1. The van der Waals surface area contributed by atoms with E-state index in [1.807, 2.05) is 0 Å². The maximum atomic E-state index is 12.8. The molecule has 3 rings (SSSR count). The van der Waals surface area contributed by atoms with Gasteiger partial charge in [0, 0.05) is 17.5 Å². The highest BCUT2D eigenvalue weighted by Gasteiger charge is 2.40. The van der Waals surface area contributed by atoms with Gasteiger partial charge in [0.25, 0.3) is 0 Å². The van der Waals surface area contributed by atoms with Gasteiger partial charge in [-0.2, -0.15) is 13.2 Å². The van der Waals surface area contributed by atoms with Gasteiger partial charge in [-0.1, -0.05) is 11.6 Å². The van der Waals surface area contributed by atoms with Crippen molar-refractivity contribution in [3.63, 3.8) is 0 Å². The van der Waals surface area contributed by atoms with Crippen molar-refractivity contribution in [2.75, 3.05) is 11.4 Å². The summed E-state index contributed by atoms with van der Waals surface area (Å²) in [5.74, 6) is 1.20. The molecule has 110 valence electrons. The molecule has 0 atom stereocenters. The van der Waals surface area contributed by atoms with Crippen LogP contribution < -0.4 is 4.90 Å². The second kappa shape index (κ2) is 4.76. The zero-order valence-electron chi connectivity index (χ0n) is 11.0. The van der Waals surface area contributed by atoms with Crippen molar-refractivity contribution in [3.05, 3.63) is 16.5 Å². The Hall–Kier alpha value is -1.04. The van der Waals surface area contributed by atoms with Crippen LogP contribution in [0.1, 0.15) is 43.0 Å². The summed E-state index contributed by atoms with van der Waals surface area (Å²) in [7, 11) is 0. The van der Waals surface area contributed by atoms with E-state index in [9.17, 15) is 13.2 Å². The average molecular weight is 306 g/mol. The fourth-order valence-corrected chi connectivity index (χ4v) is 2.43. The molecule has 1 heterocycles. The zero-order valence-corrected chi connectivity index (χ0v) is 11.8. The summed E-state index contributed by atoms with van der Waals surface area (Å²) in [4.78, 5) is 9.91. The highest BCUT2D eigenvalue weighted by atomic mass is 35.5. The van der Waals surface area contributed by atoms with Gasteiger partial charge in [-0.15, -0.1) is 0 Å². The summed E-state index contributed by atoms with van der Waals surface area (Å²) in [5.41, 5.74) is 0.534. The van der Waals surface area contributed by atoms with Crippen molar-refractivity contribution >= 4 is 17.4 Å². The number of hydrogen-bond donors (Lipinski definition) is 0. The molecule has 0 bridgehead atoms. The molecule has 2 fully saturated rings. The Morgan fingerprint density at radius 1 is 1.20 bits per heavy atom. The molecule has 3 nitrogen and oxygen atoms in total. The lowest BCUT2D eigenvalue weighted by Gasteiger charge is -2.26. The van der Waals surface area contributed by atoms with Crippen LogP contribution in [-0.4, -0.2) is 28.7 Å². The molecule has 2 aliphatic rings. The molecule has 0 radical (unpaired) electrons. The Labute approximate surface area is 120 Å². The summed E-state index contributed by atoms with van der Waals surface area (Å²) >= 11 is 6.07. The largest absolute Gasteiger partial charge is 0.405 e. The van der Waals surface area contributed by atoms with Gasteiger partial charge < -0.3 is 4.90 Å². The molecule has 7 heteroatoms. The number of alkyl halides is 3. The average Bonchev–Trinajstić information content (AvgIpc) is 3.21. The third-order valence-corrected chi connectivity index (χ3v) is 4.00. The minimum Gasteiger partial charge on any atom is -0.344 e. The quantitative estimate of drug-likeness (QED) is 0.791. The predicted molar refractivity (Wildman–Crippen MR) is 70.2 cm³/mol. The third-order valence-electron chi connectivity index (χ3n) is 3.63. The lowest BCUT2D eigenvalue weighted by atomic mass is 10.2. The number of nitrogens with zero attached hydrogens (tertiary/aromatic N) is 3. The summed E-state index contributed by atoms with van der Waals surface area (Å²) in [6.07, 6.45) is -0.721. The molecular weight excluding hydrogens is 291 g/mol. The molecule has 0 saturated heterocycles. The van der Waals surface area contributed by atoms with Crippen LogP contribution in [0.2, 0.25) is 5.15 Å². The predicted octanol–water partition coefficient (Wildman–Crippen LogP) is 3.85. The van der Waals surface area contributed by atoms with Gasteiger partial charge in [0.05, 0.1) is 0 Å². The second-order valence-corrected chi connectivity index (χ2v) is 5.93. The molecule has 0 unspecified atom stereocenters. The monoisotopic (exact) mass is 305 g/mol.